The Kier molecular flexibility index (Phi) is 5.78. The zero-order valence-corrected chi connectivity index (χ0v) is 14.2. The van der Waals surface area contributed by atoms with Crippen molar-refractivity contribution < 1.29 is 14.3 Å². The number of carbonyl (C=O) groups is 2. The first kappa shape index (κ1) is 17.4. The van der Waals surface area contributed by atoms with Crippen molar-refractivity contribution in [3.8, 4) is 5.75 Å². The number of ketones is 1. The van der Waals surface area contributed by atoms with E-state index in [0.29, 0.717) is 23.4 Å². The standard InChI is InChI=1S/C22H19NO3/c24-21(23-15-17-7-3-1-4-8-17)16-26-20-13-11-19(12-14-20)22(25)18-9-5-2-6-10-18/h1-14H,15-16H2,(H,23,24). The maximum absolute atomic E-state index is 12.3. The van der Waals surface area contributed by atoms with Crippen LogP contribution in [0.3, 0.4) is 0 Å². The fraction of sp³-hybridized carbons (Fsp3) is 0.0909. The van der Waals surface area contributed by atoms with Crippen molar-refractivity contribution in [2.45, 2.75) is 6.54 Å². The van der Waals surface area contributed by atoms with E-state index >= 15 is 0 Å². The summed E-state index contributed by atoms with van der Waals surface area (Å²) in [6, 6.07) is 25.6. The summed E-state index contributed by atoms with van der Waals surface area (Å²) < 4.78 is 5.47. The molecule has 0 aromatic heterocycles. The molecule has 3 rings (SSSR count). The van der Waals surface area contributed by atoms with Gasteiger partial charge in [-0.3, -0.25) is 9.59 Å². The SMILES string of the molecule is O=C(COc1ccc(C(=O)c2ccccc2)cc1)NCc1ccccc1. The molecule has 0 aliphatic carbocycles. The number of hydrogen-bond donors (Lipinski definition) is 1. The second-order valence-electron chi connectivity index (χ2n) is 5.77. The normalized spacial score (nSPS) is 10.2. The van der Waals surface area contributed by atoms with Gasteiger partial charge in [0.25, 0.3) is 5.91 Å². The van der Waals surface area contributed by atoms with Crippen molar-refractivity contribution in [3.05, 3.63) is 102 Å². The molecule has 3 aromatic carbocycles. The number of carbonyl (C=O) groups excluding carboxylic acids is 2. The van der Waals surface area contributed by atoms with Crippen LogP contribution in [0.1, 0.15) is 21.5 Å². The van der Waals surface area contributed by atoms with Crippen LogP contribution in [-0.2, 0) is 11.3 Å². The average molecular weight is 345 g/mol. The van der Waals surface area contributed by atoms with Gasteiger partial charge in [-0.1, -0.05) is 60.7 Å². The van der Waals surface area contributed by atoms with Crippen LogP contribution >= 0.6 is 0 Å². The van der Waals surface area contributed by atoms with Gasteiger partial charge >= 0.3 is 0 Å². The molecule has 1 N–H and O–H groups in total. The van der Waals surface area contributed by atoms with E-state index in [2.05, 4.69) is 5.32 Å². The Bertz CT molecular complexity index is 859. The van der Waals surface area contributed by atoms with Gasteiger partial charge in [-0.05, 0) is 29.8 Å². The Labute approximate surface area is 152 Å². The highest BCUT2D eigenvalue weighted by molar-refractivity contribution is 6.08. The monoisotopic (exact) mass is 345 g/mol. The molecule has 130 valence electrons. The van der Waals surface area contributed by atoms with Crippen LogP contribution in [0, 0.1) is 0 Å². The molecule has 0 bridgehead atoms. The smallest absolute Gasteiger partial charge is 0.258 e. The Morgan fingerprint density at radius 3 is 1.96 bits per heavy atom. The lowest BCUT2D eigenvalue weighted by atomic mass is 10.0. The first-order valence-electron chi connectivity index (χ1n) is 8.35. The summed E-state index contributed by atoms with van der Waals surface area (Å²) in [4.78, 5) is 24.2. The molecule has 0 fully saturated rings. The van der Waals surface area contributed by atoms with Gasteiger partial charge in [0.1, 0.15) is 5.75 Å². The predicted octanol–water partition coefficient (Wildman–Crippen LogP) is 3.61. The van der Waals surface area contributed by atoms with Crippen LogP contribution in [0.15, 0.2) is 84.9 Å². The molecule has 0 atom stereocenters. The molecular formula is C22H19NO3. The fourth-order valence-electron chi connectivity index (χ4n) is 2.46. The number of ether oxygens (including phenoxy) is 1. The van der Waals surface area contributed by atoms with Crippen LogP contribution in [-0.4, -0.2) is 18.3 Å². The number of amides is 1. The summed E-state index contributed by atoms with van der Waals surface area (Å²) in [6.07, 6.45) is 0. The first-order valence-corrected chi connectivity index (χ1v) is 8.35. The highest BCUT2D eigenvalue weighted by Crippen LogP contribution is 2.15. The number of benzene rings is 3. The molecule has 0 saturated heterocycles. The van der Waals surface area contributed by atoms with E-state index in [-0.39, 0.29) is 18.3 Å². The second-order valence-corrected chi connectivity index (χ2v) is 5.77. The van der Waals surface area contributed by atoms with Gasteiger partial charge < -0.3 is 10.1 Å². The van der Waals surface area contributed by atoms with Gasteiger partial charge in [-0.2, -0.15) is 0 Å². The third kappa shape index (κ3) is 4.80. The Hall–Kier alpha value is -3.40. The summed E-state index contributed by atoms with van der Waals surface area (Å²) in [6.45, 7) is 0.395. The molecule has 1 amide bonds. The molecule has 0 radical (unpaired) electrons. The van der Waals surface area contributed by atoms with E-state index < -0.39 is 0 Å². The summed E-state index contributed by atoms with van der Waals surface area (Å²) in [7, 11) is 0. The van der Waals surface area contributed by atoms with Crippen molar-refractivity contribution in [1.82, 2.24) is 5.32 Å². The Morgan fingerprint density at radius 1 is 0.731 bits per heavy atom. The van der Waals surface area contributed by atoms with Crippen LogP contribution < -0.4 is 10.1 Å². The van der Waals surface area contributed by atoms with E-state index in [4.69, 9.17) is 4.74 Å². The van der Waals surface area contributed by atoms with E-state index in [0.717, 1.165) is 5.56 Å². The number of hydrogen-bond acceptors (Lipinski definition) is 3. The van der Waals surface area contributed by atoms with E-state index in [1.165, 1.54) is 0 Å². The highest BCUT2D eigenvalue weighted by atomic mass is 16.5. The molecule has 0 aliphatic heterocycles. The fourth-order valence-corrected chi connectivity index (χ4v) is 2.46. The molecule has 0 spiro atoms. The van der Waals surface area contributed by atoms with Crippen LogP contribution in [0.25, 0.3) is 0 Å². The molecule has 3 aromatic rings. The minimum Gasteiger partial charge on any atom is -0.484 e. The number of nitrogens with one attached hydrogen (secondary N) is 1. The molecule has 0 aliphatic rings. The molecule has 26 heavy (non-hydrogen) atoms. The topological polar surface area (TPSA) is 55.4 Å². The van der Waals surface area contributed by atoms with Gasteiger partial charge in [0.05, 0.1) is 0 Å². The van der Waals surface area contributed by atoms with Crippen molar-refractivity contribution in [2.24, 2.45) is 0 Å². The maximum atomic E-state index is 12.3. The lowest BCUT2D eigenvalue weighted by Gasteiger charge is -2.08. The molecular weight excluding hydrogens is 326 g/mol. The Morgan fingerprint density at radius 2 is 1.31 bits per heavy atom. The zero-order valence-electron chi connectivity index (χ0n) is 14.2. The van der Waals surface area contributed by atoms with Crippen molar-refractivity contribution in [2.75, 3.05) is 6.61 Å². The quantitative estimate of drug-likeness (QED) is 0.666. The van der Waals surface area contributed by atoms with Crippen molar-refractivity contribution in [1.29, 1.82) is 0 Å². The number of rotatable bonds is 7. The maximum Gasteiger partial charge on any atom is 0.258 e. The Balaban J connectivity index is 1.50. The van der Waals surface area contributed by atoms with E-state index in [1.54, 1.807) is 36.4 Å². The van der Waals surface area contributed by atoms with Gasteiger partial charge in [-0.25, -0.2) is 0 Å². The summed E-state index contributed by atoms with van der Waals surface area (Å²) in [5.41, 5.74) is 2.25. The third-order valence-electron chi connectivity index (χ3n) is 3.85. The highest BCUT2D eigenvalue weighted by Gasteiger charge is 2.09. The average Bonchev–Trinajstić information content (AvgIpc) is 2.72. The second kappa shape index (κ2) is 8.62. The molecule has 4 nitrogen and oxygen atoms in total. The molecule has 4 heteroatoms. The van der Waals surface area contributed by atoms with Gasteiger partial charge in [0.15, 0.2) is 12.4 Å². The van der Waals surface area contributed by atoms with Crippen molar-refractivity contribution in [3.63, 3.8) is 0 Å². The van der Waals surface area contributed by atoms with Gasteiger partial charge in [-0.15, -0.1) is 0 Å². The predicted molar refractivity (Wildman–Crippen MR) is 100 cm³/mol. The summed E-state index contributed by atoms with van der Waals surface area (Å²) in [5.74, 6) is 0.306. The lowest BCUT2D eigenvalue weighted by Crippen LogP contribution is -2.28. The van der Waals surface area contributed by atoms with Gasteiger partial charge in [0, 0.05) is 17.7 Å². The van der Waals surface area contributed by atoms with Crippen LogP contribution in [0.4, 0.5) is 0 Å². The minimum absolute atomic E-state index is 0.0437. The van der Waals surface area contributed by atoms with E-state index in [1.807, 2.05) is 48.5 Å². The molecule has 0 heterocycles. The van der Waals surface area contributed by atoms with Gasteiger partial charge in [0.2, 0.25) is 0 Å². The first-order chi connectivity index (χ1) is 12.7. The lowest BCUT2D eigenvalue weighted by molar-refractivity contribution is -0.123. The van der Waals surface area contributed by atoms with Crippen molar-refractivity contribution >= 4 is 11.7 Å². The molecule has 0 saturated carbocycles. The third-order valence-corrected chi connectivity index (χ3v) is 3.85. The summed E-state index contributed by atoms with van der Waals surface area (Å²) in [5, 5.41) is 2.80. The zero-order chi connectivity index (χ0) is 18.2. The summed E-state index contributed by atoms with van der Waals surface area (Å²) >= 11 is 0. The van der Waals surface area contributed by atoms with Crippen LogP contribution in [0.5, 0.6) is 5.75 Å². The van der Waals surface area contributed by atoms with E-state index in [9.17, 15) is 9.59 Å². The van der Waals surface area contributed by atoms with Crippen LogP contribution in [0.2, 0.25) is 0 Å². The largest absolute Gasteiger partial charge is 0.484 e. The molecule has 0 unspecified atom stereocenters. The minimum atomic E-state index is -0.196.